The number of hydrogen-bond acceptors (Lipinski definition) is 6. The quantitative estimate of drug-likeness (QED) is 0.0749. The molecule has 0 saturated carbocycles. The molecular formula is C22H50NO5PS. The highest BCUT2D eigenvalue weighted by atomic mass is 32.2. The lowest BCUT2D eigenvalue weighted by Gasteiger charge is -2.09. The lowest BCUT2D eigenvalue weighted by molar-refractivity contribution is -0.239. The fourth-order valence-corrected chi connectivity index (χ4v) is 4.54. The normalized spacial score (nSPS) is 13.2. The maximum atomic E-state index is 11.4. The second-order valence-electron chi connectivity index (χ2n) is 7.89. The first-order chi connectivity index (χ1) is 14.2. The molecule has 8 heteroatoms. The van der Waals surface area contributed by atoms with Gasteiger partial charge in [0, 0.05) is 6.54 Å². The molecule has 0 aromatic carbocycles. The van der Waals surface area contributed by atoms with E-state index >= 15 is 0 Å². The maximum absolute atomic E-state index is 11.4. The van der Waals surface area contributed by atoms with Crippen molar-refractivity contribution in [3.63, 3.8) is 0 Å². The molecule has 0 aliphatic heterocycles. The van der Waals surface area contributed by atoms with Crippen LogP contribution < -0.4 is 5.73 Å². The SMILES string of the molecule is CCCCCCCCCCCCCCCCSCCCO[PH](=O)OOC(C)CN.O. The summed E-state index contributed by atoms with van der Waals surface area (Å²) in [6.07, 6.45) is 20.3. The molecule has 0 aliphatic carbocycles. The van der Waals surface area contributed by atoms with Crippen molar-refractivity contribution in [1.29, 1.82) is 0 Å². The predicted octanol–water partition coefficient (Wildman–Crippen LogP) is 6.47. The summed E-state index contributed by atoms with van der Waals surface area (Å²) in [5.41, 5.74) is 5.37. The van der Waals surface area contributed by atoms with Crippen LogP contribution in [-0.2, 0) is 18.7 Å². The van der Waals surface area contributed by atoms with Gasteiger partial charge in [0.05, 0.1) is 6.61 Å². The molecule has 0 spiro atoms. The number of nitrogens with two attached hydrogens (primary N) is 1. The Bertz CT molecular complexity index is 353. The van der Waals surface area contributed by atoms with Crippen molar-refractivity contribution >= 4 is 20.0 Å². The van der Waals surface area contributed by atoms with E-state index in [9.17, 15) is 4.57 Å². The summed E-state index contributed by atoms with van der Waals surface area (Å²) in [6, 6.07) is 0. The molecule has 0 fully saturated rings. The number of rotatable bonds is 24. The zero-order valence-corrected chi connectivity index (χ0v) is 21.4. The van der Waals surface area contributed by atoms with Crippen LogP contribution in [-0.4, -0.2) is 36.2 Å². The van der Waals surface area contributed by atoms with Gasteiger partial charge in [0.1, 0.15) is 6.10 Å². The molecule has 0 aromatic rings. The van der Waals surface area contributed by atoms with Crippen LogP contribution in [0.2, 0.25) is 0 Å². The highest BCUT2D eigenvalue weighted by Crippen LogP contribution is 2.25. The molecule has 0 rings (SSSR count). The van der Waals surface area contributed by atoms with E-state index in [2.05, 4.69) is 11.6 Å². The molecule has 0 amide bonds. The van der Waals surface area contributed by atoms with Crippen molar-refractivity contribution in [3.05, 3.63) is 0 Å². The van der Waals surface area contributed by atoms with E-state index in [1.54, 1.807) is 6.92 Å². The Morgan fingerprint density at radius 1 is 0.800 bits per heavy atom. The molecule has 30 heavy (non-hydrogen) atoms. The second kappa shape index (κ2) is 27.4. The lowest BCUT2D eigenvalue weighted by atomic mass is 10.0. The van der Waals surface area contributed by atoms with Crippen molar-refractivity contribution in [3.8, 4) is 0 Å². The lowest BCUT2D eigenvalue weighted by Crippen LogP contribution is -2.19. The smallest absolute Gasteiger partial charge is 0.347 e. The number of unbranched alkanes of at least 4 members (excludes halogenated alkanes) is 13. The van der Waals surface area contributed by atoms with Gasteiger partial charge < -0.3 is 15.7 Å². The Morgan fingerprint density at radius 3 is 1.77 bits per heavy atom. The fourth-order valence-electron chi connectivity index (χ4n) is 3.00. The van der Waals surface area contributed by atoms with Crippen LogP contribution in [0.3, 0.4) is 0 Å². The molecular weight excluding hydrogens is 421 g/mol. The molecule has 6 nitrogen and oxygen atoms in total. The van der Waals surface area contributed by atoms with E-state index in [1.165, 1.54) is 95.6 Å². The fraction of sp³-hybridized carbons (Fsp3) is 1.00. The van der Waals surface area contributed by atoms with Crippen LogP contribution in [0.1, 0.15) is 110 Å². The summed E-state index contributed by atoms with van der Waals surface area (Å²) in [5.74, 6) is 2.24. The van der Waals surface area contributed by atoms with Crippen LogP contribution in [0.4, 0.5) is 0 Å². The van der Waals surface area contributed by atoms with Gasteiger partial charge in [-0.3, -0.25) is 4.57 Å². The van der Waals surface area contributed by atoms with Gasteiger partial charge in [-0.25, -0.2) is 4.89 Å². The van der Waals surface area contributed by atoms with Gasteiger partial charge in [-0.1, -0.05) is 90.4 Å². The molecule has 184 valence electrons. The van der Waals surface area contributed by atoms with Gasteiger partial charge in [0.15, 0.2) is 0 Å². The van der Waals surface area contributed by atoms with E-state index in [0.29, 0.717) is 13.2 Å². The average Bonchev–Trinajstić information content (AvgIpc) is 2.73. The zero-order valence-electron chi connectivity index (χ0n) is 19.6. The van der Waals surface area contributed by atoms with Gasteiger partial charge in [0.25, 0.3) is 0 Å². The average molecular weight is 472 g/mol. The Balaban J connectivity index is 0. The van der Waals surface area contributed by atoms with E-state index in [4.69, 9.17) is 15.1 Å². The summed E-state index contributed by atoms with van der Waals surface area (Å²) >= 11 is 1.95. The van der Waals surface area contributed by atoms with Crippen LogP contribution >= 0.6 is 20.0 Å². The Hall–Kier alpha value is 0.380. The molecule has 2 atom stereocenters. The third kappa shape index (κ3) is 26.4. The van der Waals surface area contributed by atoms with Crippen molar-refractivity contribution in [2.45, 2.75) is 116 Å². The molecule has 0 heterocycles. The van der Waals surface area contributed by atoms with Crippen LogP contribution in [0.15, 0.2) is 0 Å². The standard InChI is InChI=1S/C22H48NO4PS.H2O/c1-3-4-5-6-7-8-9-10-11-12-13-14-15-16-19-29-20-17-18-25-28(24)27-26-22(2)21-23;/h22,28H,3-21,23H2,1-2H3;1H2. The third-order valence-electron chi connectivity index (χ3n) is 4.91. The third-order valence-corrected chi connectivity index (χ3v) is 6.73. The minimum absolute atomic E-state index is 0. The summed E-state index contributed by atoms with van der Waals surface area (Å²) in [5, 5.41) is 0. The van der Waals surface area contributed by atoms with Gasteiger partial charge in [-0.05, 0) is 31.3 Å². The zero-order chi connectivity index (χ0) is 21.4. The molecule has 0 radical (unpaired) electrons. The summed E-state index contributed by atoms with van der Waals surface area (Å²) in [6.45, 7) is 4.81. The summed E-state index contributed by atoms with van der Waals surface area (Å²) < 4.78 is 21.2. The van der Waals surface area contributed by atoms with Crippen LogP contribution in [0.25, 0.3) is 0 Å². The van der Waals surface area contributed by atoms with E-state index in [0.717, 1.165) is 12.2 Å². The molecule has 0 aromatic heterocycles. The van der Waals surface area contributed by atoms with Crippen molar-refractivity contribution in [2.24, 2.45) is 5.73 Å². The highest BCUT2D eigenvalue weighted by molar-refractivity contribution is 7.99. The van der Waals surface area contributed by atoms with Gasteiger partial charge >= 0.3 is 8.25 Å². The minimum atomic E-state index is -2.55. The largest absolute Gasteiger partial charge is 0.412 e. The Morgan fingerprint density at radius 2 is 1.27 bits per heavy atom. The number of thioether (sulfide) groups is 1. The minimum Gasteiger partial charge on any atom is -0.412 e. The second-order valence-corrected chi connectivity index (χ2v) is 10.1. The van der Waals surface area contributed by atoms with Crippen molar-refractivity contribution < 1.29 is 24.1 Å². The Kier molecular flexibility index (Phi) is 29.8. The monoisotopic (exact) mass is 471 g/mol. The molecule has 0 aliphatic rings. The first kappa shape index (κ1) is 32.6. The maximum Gasteiger partial charge on any atom is 0.347 e. The van der Waals surface area contributed by atoms with Crippen LogP contribution in [0.5, 0.6) is 0 Å². The first-order valence-corrected chi connectivity index (χ1v) is 14.4. The van der Waals surface area contributed by atoms with Gasteiger partial charge in [0.2, 0.25) is 0 Å². The molecule has 4 N–H and O–H groups in total. The Labute approximate surface area is 190 Å². The van der Waals surface area contributed by atoms with E-state index < -0.39 is 8.25 Å². The summed E-state index contributed by atoms with van der Waals surface area (Å²) in [7, 11) is -2.55. The van der Waals surface area contributed by atoms with Gasteiger partial charge in [-0.15, -0.1) is 0 Å². The summed E-state index contributed by atoms with van der Waals surface area (Å²) in [4.78, 5) is 4.82. The first-order valence-electron chi connectivity index (χ1n) is 12.0. The van der Waals surface area contributed by atoms with Crippen molar-refractivity contribution in [1.82, 2.24) is 0 Å². The topological polar surface area (TPSA) is 102 Å². The van der Waals surface area contributed by atoms with E-state index in [-0.39, 0.29) is 11.6 Å². The molecule has 0 bridgehead atoms. The van der Waals surface area contributed by atoms with Crippen molar-refractivity contribution in [2.75, 3.05) is 24.7 Å². The molecule has 2 unspecified atom stereocenters. The van der Waals surface area contributed by atoms with E-state index in [1.807, 2.05) is 11.8 Å². The molecule has 0 saturated heterocycles. The predicted molar refractivity (Wildman–Crippen MR) is 132 cm³/mol. The van der Waals surface area contributed by atoms with Crippen LogP contribution in [0, 0.1) is 0 Å². The highest BCUT2D eigenvalue weighted by Gasteiger charge is 2.05. The number of hydrogen-bond donors (Lipinski definition) is 1. The van der Waals surface area contributed by atoms with Gasteiger partial charge in [-0.2, -0.15) is 16.4 Å².